The molecule has 2 fully saturated rings. The third kappa shape index (κ3) is 2.10. The summed E-state index contributed by atoms with van der Waals surface area (Å²) >= 11 is 0. The highest BCUT2D eigenvalue weighted by Crippen LogP contribution is 2.37. The maximum absolute atomic E-state index is 12.7. The average molecular weight is 261 g/mol. The van der Waals surface area contributed by atoms with E-state index < -0.39 is 0 Å². The second kappa shape index (κ2) is 4.53. The van der Waals surface area contributed by atoms with Crippen molar-refractivity contribution in [1.82, 2.24) is 4.90 Å². The lowest BCUT2D eigenvalue weighted by molar-refractivity contribution is 0.0286. The minimum atomic E-state index is -0.262. The molecule has 3 rings (SSSR count). The van der Waals surface area contributed by atoms with Crippen LogP contribution in [0.3, 0.4) is 0 Å². The molecule has 2 atom stereocenters. The number of aliphatic hydroxyl groups is 1. The number of carbonyl (C=O) groups excluding carboxylic acids is 1. The number of aromatic hydroxyl groups is 1. The Morgan fingerprint density at radius 1 is 1.26 bits per heavy atom. The second-order valence-corrected chi connectivity index (χ2v) is 5.72. The zero-order valence-electron chi connectivity index (χ0n) is 11.0. The summed E-state index contributed by atoms with van der Waals surface area (Å²) in [6.07, 6.45) is 3.11. The summed E-state index contributed by atoms with van der Waals surface area (Å²) < 4.78 is 0. The monoisotopic (exact) mass is 261 g/mol. The van der Waals surface area contributed by atoms with Gasteiger partial charge in [-0.05, 0) is 56.4 Å². The molecular formula is C15H19NO3. The molecule has 4 heteroatoms. The molecule has 2 aliphatic heterocycles. The number of rotatable bonds is 1. The van der Waals surface area contributed by atoms with Crippen LogP contribution >= 0.6 is 0 Å². The molecule has 1 aromatic rings. The summed E-state index contributed by atoms with van der Waals surface area (Å²) in [6.45, 7) is 1.84. The maximum Gasteiger partial charge on any atom is 0.254 e. The van der Waals surface area contributed by atoms with Gasteiger partial charge in [0.15, 0.2) is 0 Å². The van der Waals surface area contributed by atoms with E-state index in [1.165, 1.54) is 0 Å². The zero-order chi connectivity index (χ0) is 13.6. The lowest BCUT2D eigenvalue weighted by Crippen LogP contribution is -2.48. The van der Waals surface area contributed by atoms with Crippen LogP contribution in [0.5, 0.6) is 5.75 Å². The molecule has 2 saturated heterocycles. The Balaban J connectivity index is 1.88. The normalized spacial score (nSPS) is 29.6. The molecule has 2 bridgehead atoms. The molecular weight excluding hydrogens is 242 g/mol. The Bertz CT molecular complexity index is 500. The average Bonchev–Trinajstić information content (AvgIpc) is 2.61. The predicted octanol–water partition coefficient (Wildman–Crippen LogP) is 1.83. The highest BCUT2D eigenvalue weighted by molar-refractivity contribution is 5.96. The van der Waals surface area contributed by atoms with Crippen molar-refractivity contribution < 1.29 is 15.0 Å². The molecule has 0 spiro atoms. The van der Waals surface area contributed by atoms with Gasteiger partial charge in [-0.3, -0.25) is 4.79 Å². The van der Waals surface area contributed by atoms with Gasteiger partial charge in [-0.2, -0.15) is 0 Å². The van der Waals surface area contributed by atoms with E-state index in [2.05, 4.69) is 0 Å². The third-order valence-corrected chi connectivity index (χ3v) is 4.38. The summed E-state index contributed by atoms with van der Waals surface area (Å²) in [5, 5.41) is 19.2. The molecule has 4 nitrogen and oxygen atoms in total. The van der Waals surface area contributed by atoms with Gasteiger partial charge in [-0.25, -0.2) is 0 Å². The van der Waals surface area contributed by atoms with Crippen LogP contribution < -0.4 is 0 Å². The Morgan fingerprint density at radius 3 is 2.47 bits per heavy atom. The second-order valence-electron chi connectivity index (χ2n) is 5.72. The van der Waals surface area contributed by atoms with Crippen LogP contribution in [0, 0.1) is 6.92 Å². The van der Waals surface area contributed by atoms with Crippen LogP contribution in [0.4, 0.5) is 0 Å². The number of hydrogen-bond acceptors (Lipinski definition) is 3. The molecule has 2 N–H and O–H groups in total. The largest absolute Gasteiger partial charge is 0.508 e. The van der Waals surface area contributed by atoms with E-state index in [9.17, 15) is 15.0 Å². The van der Waals surface area contributed by atoms with Crippen LogP contribution in [-0.2, 0) is 0 Å². The summed E-state index contributed by atoms with van der Waals surface area (Å²) in [4.78, 5) is 14.6. The van der Waals surface area contributed by atoms with Gasteiger partial charge in [0.1, 0.15) is 5.75 Å². The van der Waals surface area contributed by atoms with Crippen LogP contribution in [0.25, 0.3) is 0 Å². The van der Waals surface area contributed by atoms with Crippen LogP contribution in [0.1, 0.15) is 41.6 Å². The topological polar surface area (TPSA) is 60.8 Å². The lowest BCUT2D eigenvalue weighted by atomic mass is 9.97. The van der Waals surface area contributed by atoms with Gasteiger partial charge in [0, 0.05) is 17.6 Å². The molecule has 2 unspecified atom stereocenters. The predicted molar refractivity (Wildman–Crippen MR) is 71.1 cm³/mol. The van der Waals surface area contributed by atoms with Gasteiger partial charge >= 0.3 is 0 Å². The molecule has 2 aliphatic rings. The Kier molecular flexibility index (Phi) is 2.97. The van der Waals surface area contributed by atoms with Crippen molar-refractivity contribution in [2.24, 2.45) is 0 Å². The van der Waals surface area contributed by atoms with Gasteiger partial charge in [0.2, 0.25) is 0 Å². The Morgan fingerprint density at radius 2 is 1.89 bits per heavy atom. The van der Waals surface area contributed by atoms with Crippen molar-refractivity contribution in [3.8, 4) is 5.75 Å². The fourth-order valence-electron chi connectivity index (χ4n) is 3.51. The first-order valence-electron chi connectivity index (χ1n) is 6.86. The van der Waals surface area contributed by atoms with Crippen molar-refractivity contribution in [2.75, 3.05) is 0 Å². The van der Waals surface area contributed by atoms with Gasteiger partial charge in [-0.1, -0.05) is 0 Å². The number of benzene rings is 1. The number of carbonyl (C=O) groups is 1. The molecule has 0 aromatic heterocycles. The molecule has 0 saturated carbocycles. The number of phenolic OH excluding ortho intramolecular Hbond substituents is 1. The van der Waals surface area contributed by atoms with Crippen molar-refractivity contribution in [3.63, 3.8) is 0 Å². The van der Waals surface area contributed by atoms with E-state index in [-0.39, 0.29) is 29.8 Å². The van der Waals surface area contributed by atoms with E-state index in [0.717, 1.165) is 18.4 Å². The quantitative estimate of drug-likeness (QED) is 0.810. The standard InChI is InChI=1S/C15H19NO3/c1-9-6-12(17)4-5-14(9)15(19)16-10-2-3-11(16)8-13(18)7-10/h4-6,10-11,13,17-18H,2-3,7-8H2,1H3. The number of aliphatic hydroxyl groups excluding tert-OH is 1. The molecule has 0 aliphatic carbocycles. The van der Waals surface area contributed by atoms with Crippen molar-refractivity contribution in [3.05, 3.63) is 29.3 Å². The third-order valence-electron chi connectivity index (χ3n) is 4.38. The van der Waals surface area contributed by atoms with Gasteiger partial charge in [0.05, 0.1) is 6.10 Å². The number of nitrogens with zero attached hydrogens (tertiary/aromatic N) is 1. The zero-order valence-corrected chi connectivity index (χ0v) is 11.0. The number of piperidine rings is 1. The first-order valence-corrected chi connectivity index (χ1v) is 6.86. The van der Waals surface area contributed by atoms with Gasteiger partial charge in [0.25, 0.3) is 5.91 Å². The van der Waals surface area contributed by atoms with E-state index in [0.29, 0.717) is 18.4 Å². The van der Waals surface area contributed by atoms with E-state index in [4.69, 9.17) is 0 Å². The van der Waals surface area contributed by atoms with Crippen LogP contribution in [0.2, 0.25) is 0 Å². The summed E-state index contributed by atoms with van der Waals surface area (Å²) in [7, 11) is 0. The number of hydrogen-bond donors (Lipinski definition) is 2. The summed E-state index contributed by atoms with van der Waals surface area (Å²) in [5.74, 6) is 0.225. The highest BCUT2D eigenvalue weighted by Gasteiger charge is 2.43. The number of phenols is 1. The smallest absolute Gasteiger partial charge is 0.254 e. The summed E-state index contributed by atoms with van der Waals surface area (Å²) in [6, 6.07) is 5.22. The minimum Gasteiger partial charge on any atom is -0.508 e. The fraction of sp³-hybridized carbons (Fsp3) is 0.533. The SMILES string of the molecule is Cc1cc(O)ccc1C(=O)N1C2CCC1CC(O)C2. The van der Waals surface area contributed by atoms with Crippen molar-refractivity contribution in [2.45, 2.75) is 50.8 Å². The molecule has 1 amide bonds. The van der Waals surface area contributed by atoms with Crippen molar-refractivity contribution in [1.29, 1.82) is 0 Å². The molecule has 0 radical (unpaired) electrons. The Labute approximate surface area is 112 Å². The minimum absolute atomic E-state index is 0.0388. The van der Waals surface area contributed by atoms with Crippen molar-refractivity contribution >= 4 is 5.91 Å². The molecule has 102 valence electrons. The molecule has 19 heavy (non-hydrogen) atoms. The van der Waals surface area contributed by atoms with E-state index >= 15 is 0 Å². The van der Waals surface area contributed by atoms with Crippen LogP contribution in [0.15, 0.2) is 18.2 Å². The summed E-state index contributed by atoms with van der Waals surface area (Å²) in [5.41, 5.74) is 1.46. The fourth-order valence-corrected chi connectivity index (χ4v) is 3.51. The molecule has 2 heterocycles. The van der Waals surface area contributed by atoms with E-state index in [1.807, 2.05) is 11.8 Å². The maximum atomic E-state index is 12.7. The first-order chi connectivity index (χ1) is 9.06. The van der Waals surface area contributed by atoms with Crippen LogP contribution in [-0.4, -0.2) is 39.2 Å². The van der Waals surface area contributed by atoms with E-state index in [1.54, 1.807) is 18.2 Å². The Hall–Kier alpha value is -1.55. The first kappa shape index (κ1) is 12.5. The highest BCUT2D eigenvalue weighted by atomic mass is 16.3. The number of amides is 1. The molecule has 1 aromatic carbocycles. The van der Waals surface area contributed by atoms with Gasteiger partial charge < -0.3 is 15.1 Å². The number of fused-ring (bicyclic) bond motifs is 2. The van der Waals surface area contributed by atoms with Gasteiger partial charge in [-0.15, -0.1) is 0 Å². The number of aryl methyl sites for hydroxylation is 1. The lowest BCUT2D eigenvalue weighted by Gasteiger charge is -2.37.